The Morgan fingerprint density at radius 3 is 2.90 bits per heavy atom. The van der Waals surface area contributed by atoms with E-state index in [1.165, 1.54) is 0 Å². The van der Waals surface area contributed by atoms with Crippen molar-refractivity contribution in [2.75, 3.05) is 19.8 Å². The van der Waals surface area contributed by atoms with E-state index in [1.54, 1.807) is 18.2 Å². The van der Waals surface area contributed by atoms with Gasteiger partial charge < -0.3 is 15.2 Å². The first-order valence-electron chi connectivity index (χ1n) is 6.49. The fraction of sp³-hybridized carbons (Fsp3) is 0.500. The lowest BCUT2D eigenvalue weighted by molar-refractivity contribution is -0.121. The highest BCUT2D eigenvalue weighted by molar-refractivity contribution is 6.42. The Morgan fingerprint density at radius 1 is 1.45 bits per heavy atom. The molecule has 0 spiro atoms. The fourth-order valence-electron chi connectivity index (χ4n) is 1.45. The minimum atomic E-state index is -0.0499. The molecule has 1 unspecified atom stereocenters. The number of carbonyl (C=O) groups is 1. The SMILES string of the molecule is CC(CO)CNC(=O)CCCOc1cccc(Cl)c1Cl. The summed E-state index contributed by atoms with van der Waals surface area (Å²) in [5, 5.41) is 12.4. The number of halogens is 2. The Morgan fingerprint density at radius 2 is 2.20 bits per heavy atom. The molecule has 1 rings (SSSR count). The van der Waals surface area contributed by atoms with Gasteiger partial charge in [-0.05, 0) is 24.5 Å². The maximum absolute atomic E-state index is 11.5. The lowest BCUT2D eigenvalue weighted by atomic mass is 10.2. The Labute approximate surface area is 129 Å². The summed E-state index contributed by atoms with van der Waals surface area (Å²) in [7, 11) is 0. The fourth-order valence-corrected chi connectivity index (χ4v) is 1.80. The van der Waals surface area contributed by atoms with Crippen LogP contribution in [0, 0.1) is 5.92 Å². The third-order valence-corrected chi connectivity index (χ3v) is 3.48. The molecule has 1 aromatic carbocycles. The molecule has 1 aromatic rings. The van der Waals surface area contributed by atoms with Crippen molar-refractivity contribution in [1.29, 1.82) is 0 Å². The van der Waals surface area contributed by atoms with E-state index in [-0.39, 0.29) is 18.4 Å². The van der Waals surface area contributed by atoms with Gasteiger partial charge in [0.25, 0.3) is 0 Å². The molecular formula is C14H19Cl2NO3. The number of benzene rings is 1. The molecule has 0 bridgehead atoms. The van der Waals surface area contributed by atoms with Crippen LogP contribution in [-0.2, 0) is 4.79 Å². The van der Waals surface area contributed by atoms with Crippen molar-refractivity contribution in [1.82, 2.24) is 5.32 Å². The predicted molar refractivity (Wildman–Crippen MR) is 80.5 cm³/mol. The van der Waals surface area contributed by atoms with Crippen LogP contribution in [0.1, 0.15) is 19.8 Å². The second kappa shape index (κ2) is 9.06. The first-order valence-corrected chi connectivity index (χ1v) is 7.24. The lowest BCUT2D eigenvalue weighted by Crippen LogP contribution is -2.29. The van der Waals surface area contributed by atoms with Gasteiger partial charge in [0.1, 0.15) is 10.8 Å². The van der Waals surface area contributed by atoms with Gasteiger partial charge in [0.15, 0.2) is 0 Å². The van der Waals surface area contributed by atoms with Crippen LogP contribution < -0.4 is 10.1 Å². The van der Waals surface area contributed by atoms with Gasteiger partial charge in [0.05, 0.1) is 11.6 Å². The summed E-state index contributed by atoms with van der Waals surface area (Å²) in [5.74, 6) is 0.542. The summed E-state index contributed by atoms with van der Waals surface area (Å²) in [6.45, 7) is 2.81. The average Bonchev–Trinajstić information content (AvgIpc) is 2.45. The highest BCUT2D eigenvalue weighted by Crippen LogP contribution is 2.31. The van der Waals surface area contributed by atoms with E-state index < -0.39 is 0 Å². The standard InChI is InChI=1S/C14H19Cl2NO3/c1-10(9-18)8-17-13(19)6-3-7-20-12-5-2-4-11(15)14(12)16/h2,4-5,10,18H,3,6-9H2,1H3,(H,17,19). The molecule has 0 saturated carbocycles. The van der Waals surface area contributed by atoms with Crippen LogP contribution in [0.5, 0.6) is 5.75 Å². The smallest absolute Gasteiger partial charge is 0.220 e. The van der Waals surface area contributed by atoms with Crippen LogP contribution >= 0.6 is 23.2 Å². The summed E-state index contributed by atoms with van der Waals surface area (Å²) in [5.41, 5.74) is 0. The molecule has 0 radical (unpaired) electrons. The Balaban J connectivity index is 2.21. The highest BCUT2D eigenvalue weighted by atomic mass is 35.5. The molecule has 112 valence electrons. The van der Waals surface area contributed by atoms with Crippen molar-refractivity contribution in [3.05, 3.63) is 28.2 Å². The molecule has 6 heteroatoms. The molecule has 0 aromatic heterocycles. The van der Waals surface area contributed by atoms with Gasteiger partial charge in [0, 0.05) is 19.6 Å². The number of hydrogen-bond donors (Lipinski definition) is 2. The van der Waals surface area contributed by atoms with Gasteiger partial charge in [-0.15, -0.1) is 0 Å². The van der Waals surface area contributed by atoms with E-state index in [4.69, 9.17) is 33.0 Å². The van der Waals surface area contributed by atoms with Crippen molar-refractivity contribution in [2.45, 2.75) is 19.8 Å². The van der Waals surface area contributed by atoms with Crippen molar-refractivity contribution < 1.29 is 14.6 Å². The zero-order chi connectivity index (χ0) is 15.0. The molecule has 2 N–H and O–H groups in total. The summed E-state index contributed by atoms with van der Waals surface area (Å²) < 4.78 is 5.48. The average molecular weight is 320 g/mol. The number of carbonyl (C=O) groups excluding carboxylic acids is 1. The topological polar surface area (TPSA) is 58.6 Å². The molecule has 0 aliphatic rings. The maximum Gasteiger partial charge on any atom is 0.220 e. The number of aliphatic hydroxyl groups excluding tert-OH is 1. The van der Waals surface area contributed by atoms with E-state index in [0.717, 1.165) is 0 Å². The van der Waals surface area contributed by atoms with Gasteiger partial charge in [-0.2, -0.15) is 0 Å². The van der Waals surface area contributed by atoms with Gasteiger partial charge in [0.2, 0.25) is 5.91 Å². The Bertz CT molecular complexity index is 440. The molecule has 0 fully saturated rings. The summed E-state index contributed by atoms with van der Waals surface area (Å²) >= 11 is 11.8. The van der Waals surface area contributed by atoms with Crippen molar-refractivity contribution in [3.63, 3.8) is 0 Å². The zero-order valence-corrected chi connectivity index (χ0v) is 12.9. The third-order valence-electron chi connectivity index (χ3n) is 2.68. The van der Waals surface area contributed by atoms with Crippen LogP contribution in [0.15, 0.2) is 18.2 Å². The van der Waals surface area contributed by atoms with Gasteiger partial charge >= 0.3 is 0 Å². The minimum Gasteiger partial charge on any atom is -0.492 e. The molecule has 0 heterocycles. The number of aliphatic hydroxyl groups is 1. The van der Waals surface area contributed by atoms with Crippen LogP contribution in [0.25, 0.3) is 0 Å². The Kier molecular flexibility index (Phi) is 7.73. The van der Waals surface area contributed by atoms with E-state index in [0.29, 0.717) is 41.8 Å². The van der Waals surface area contributed by atoms with E-state index in [9.17, 15) is 4.79 Å². The number of hydrogen-bond acceptors (Lipinski definition) is 3. The number of rotatable bonds is 8. The molecule has 0 aliphatic carbocycles. The zero-order valence-electron chi connectivity index (χ0n) is 11.4. The molecule has 4 nitrogen and oxygen atoms in total. The molecular weight excluding hydrogens is 301 g/mol. The van der Waals surface area contributed by atoms with Gasteiger partial charge in [-0.25, -0.2) is 0 Å². The van der Waals surface area contributed by atoms with Crippen molar-refractivity contribution in [3.8, 4) is 5.75 Å². The molecule has 0 saturated heterocycles. The summed E-state index contributed by atoms with van der Waals surface area (Å²) in [4.78, 5) is 11.5. The van der Waals surface area contributed by atoms with E-state index in [1.807, 2.05) is 6.92 Å². The van der Waals surface area contributed by atoms with Crippen LogP contribution in [0.2, 0.25) is 10.0 Å². The first kappa shape index (κ1) is 17.1. The highest BCUT2D eigenvalue weighted by Gasteiger charge is 2.07. The second-order valence-electron chi connectivity index (χ2n) is 4.60. The second-order valence-corrected chi connectivity index (χ2v) is 5.38. The maximum atomic E-state index is 11.5. The van der Waals surface area contributed by atoms with Crippen LogP contribution in [0.3, 0.4) is 0 Å². The van der Waals surface area contributed by atoms with Crippen LogP contribution in [-0.4, -0.2) is 30.8 Å². The van der Waals surface area contributed by atoms with Crippen molar-refractivity contribution in [2.24, 2.45) is 5.92 Å². The first-order chi connectivity index (χ1) is 9.54. The van der Waals surface area contributed by atoms with Gasteiger partial charge in [-0.1, -0.05) is 36.2 Å². The minimum absolute atomic E-state index is 0.0499. The van der Waals surface area contributed by atoms with Crippen LogP contribution in [0.4, 0.5) is 0 Å². The monoisotopic (exact) mass is 319 g/mol. The van der Waals surface area contributed by atoms with Gasteiger partial charge in [-0.3, -0.25) is 4.79 Å². The lowest BCUT2D eigenvalue weighted by Gasteiger charge is -2.10. The number of nitrogens with one attached hydrogen (secondary N) is 1. The third kappa shape index (κ3) is 5.99. The Hall–Kier alpha value is -0.970. The normalized spacial score (nSPS) is 12.0. The quantitative estimate of drug-likeness (QED) is 0.724. The van der Waals surface area contributed by atoms with Crippen molar-refractivity contribution >= 4 is 29.1 Å². The molecule has 20 heavy (non-hydrogen) atoms. The summed E-state index contributed by atoms with van der Waals surface area (Å²) in [6, 6.07) is 5.18. The number of amides is 1. The predicted octanol–water partition coefficient (Wildman–Crippen LogP) is 2.90. The van der Waals surface area contributed by atoms with E-state index in [2.05, 4.69) is 5.32 Å². The summed E-state index contributed by atoms with van der Waals surface area (Å²) in [6.07, 6.45) is 0.957. The molecule has 1 amide bonds. The largest absolute Gasteiger partial charge is 0.492 e. The molecule has 0 aliphatic heterocycles. The molecule has 1 atom stereocenters. The van der Waals surface area contributed by atoms with E-state index >= 15 is 0 Å². The number of ether oxygens (including phenoxy) is 1.